The summed E-state index contributed by atoms with van der Waals surface area (Å²) in [6.07, 6.45) is 0. The predicted molar refractivity (Wildman–Crippen MR) is 57.4 cm³/mol. The minimum Gasteiger partial charge on any atom is -0.337 e. The van der Waals surface area contributed by atoms with E-state index < -0.39 is 0 Å². The number of hydrogen-bond donors (Lipinski definition) is 0. The van der Waals surface area contributed by atoms with Crippen LogP contribution in [0, 0.1) is 0 Å². The van der Waals surface area contributed by atoms with Gasteiger partial charge >= 0.3 is 0 Å². The van der Waals surface area contributed by atoms with Gasteiger partial charge in [-0.05, 0) is 20.8 Å². The van der Waals surface area contributed by atoms with Gasteiger partial charge in [-0.2, -0.15) is 4.89 Å². The largest absolute Gasteiger partial charge is 0.337 e. The smallest absolute Gasteiger partial charge is 0.165 e. The molecule has 0 saturated carbocycles. The highest BCUT2D eigenvalue weighted by Gasteiger charge is 2.13. The van der Waals surface area contributed by atoms with Crippen molar-refractivity contribution >= 4 is 5.76 Å². The molecule has 0 radical (unpaired) electrons. The van der Waals surface area contributed by atoms with Crippen molar-refractivity contribution in [1.29, 1.82) is 0 Å². The maximum absolute atomic E-state index is 5.15. The van der Waals surface area contributed by atoms with E-state index in [-0.39, 0.29) is 5.60 Å². The molecule has 2 nitrogen and oxygen atoms in total. The van der Waals surface area contributed by atoms with Crippen LogP contribution in [0.3, 0.4) is 0 Å². The summed E-state index contributed by atoms with van der Waals surface area (Å²) in [7, 11) is 0. The minimum atomic E-state index is -0.322. The lowest BCUT2D eigenvalue weighted by atomic mass is 10.2. The van der Waals surface area contributed by atoms with E-state index >= 15 is 0 Å². The summed E-state index contributed by atoms with van der Waals surface area (Å²) in [5.74, 6) is 0.528. The lowest BCUT2D eigenvalue weighted by Crippen LogP contribution is -2.18. The molecule has 1 aromatic rings. The van der Waals surface area contributed by atoms with Crippen molar-refractivity contribution < 1.29 is 9.78 Å². The van der Waals surface area contributed by atoms with Crippen LogP contribution >= 0.6 is 0 Å². The van der Waals surface area contributed by atoms with Crippen molar-refractivity contribution in [3.05, 3.63) is 42.5 Å². The Balaban J connectivity index is 2.52. The van der Waals surface area contributed by atoms with Gasteiger partial charge in [-0.15, -0.1) is 0 Å². The Bertz CT molecular complexity index is 296. The molecule has 1 rings (SSSR count). The van der Waals surface area contributed by atoms with E-state index in [0.717, 1.165) is 5.56 Å². The molecule has 0 aliphatic heterocycles. The topological polar surface area (TPSA) is 18.5 Å². The summed E-state index contributed by atoms with van der Waals surface area (Å²) < 4.78 is 0. The van der Waals surface area contributed by atoms with Gasteiger partial charge in [-0.3, -0.25) is 0 Å². The summed E-state index contributed by atoms with van der Waals surface area (Å²) in [5, 5.41) is 0. The third-order valence-corrected chi connectivity index (χ3v) is 1.49. The van der Waals surface area contributed by atoms with Crippen molar-refractivity contribution in [3.63, 3.8) is 0 Å². The van der Waals surface area contributed by atoms with Crippen LogP contribution in [0.2, 0.25) is 0 Å². The standard InChI is InChI=1S/C12H16O2/c1-10(13-14-12(2,3)4)11-8-6-5-7-9-11/h5-9H,1H2,2-4H3. The van der Waals surface area contributed by atoms with Crippen molar-refractivity contribution in [2.24, 2.45) is 0 Å². The van der Waals surface area contributed by atoms with Gasteiger partial charge in [-0.25, -0.2) is 0 Å². The molecule has 0 aromatic heterocycles. The highest BCUT2D eigenvalue weighted by molar-refractivity contribution is 5.56. The second-order valence-corrected chi connectivity index (χ2v) is 4.07. The monoisotopic (exact) mass is 192 g/mol. The van der Waals surface area contributed by atoms with Crippen LogP contribution in [-0.4, -0.2) is 5.60 Å². The van der Waals surface area contributed by atoms with Crippen LogP contribution in [0.1, 0.15) is 26.3 Å². The minimum absolute atomic E-state index is 0.322. The van der Waals surface area contributed by atoms with Gasteiger partial charge in [0.1, 0.15) is 5.60 Å². The molecule has 14 heavy (non-hydrogen) atoms. The summed E-state index contributed by atoms with van der Waals surface area (Å²) in [4.78, 5) is 10.2. The lowest BCUT2D eigenvalue weighted by Gasteiger charge is -2.18. The Kier molecular flexibility index (Phi) is 3.31. The normalized spacial score (nSPS) is 11.1. The Morgan fingerprint density at radius 2 is 1.71 bits per heavy atom. The van der Waals surface area contributed by atoms with E-state index in [4.69, 9.17) is 9.78 Å². The fraction of sp³-hybridized carbons (Fsp3) is 0.333. The highest BCUT2D eigenvalue weighted by Crippen LogP contribution is 2.17. The molecule has 2 heteroatoms. The summed E-state index contributed by atoms with van der Waals surface area (Å²) >= 11 is 0. The molecule has 0 N–H and O–H groups in total. The Morgan fingerprint density at radius 1 is 1.14 bits per heavy atom. The van der Waals surface area contributed by atoms with Gasteiger partial charge in [-0.1, -0.05) is 36.9 Å². The second-order valence-electron chi connectivity index (χ2n) is 4.07. The molecule has 0 spiro atoms. The predicted octanol–water partition coefficient (Wildman–Crippen LogP) is 3.40. The van der Waals surface area contributed by atoms with Gasteiger partial charge in [0.15, 0.2) is 5.76 Å². The van der Waals surface area contributed by atoms with Crippen molar-refractivity contribution in [3.8, 4) is 0 Å². The number of hydrogen-bond acceptors (Lipinski definition) is 2. The van der Waals surface area contributed by atoms with Gasteiger partial charge in [0, 0.05) is 5.56 Å². The van der Waals surface area contributed by atoms with E-state index in [1.807, 2.05) is 51.1 Å². The van der Waals surface area contributed by atoms with E-state index in [1.165, 1.54) is 0 Å². The van der Waals surface area contributed by atoms with Crippen LogP contribution in [0.25, 0.3) is 5.76 Å². The van der Waals surface area contributed by atoms with Crippen LogP contribution < -0.4 is 0 Å². The fourth-order valence-electron chi connectivity index (χ4n) is 0.847. The zero-order chi connectivity index (χ0) is 10.6. The SMILES string of the molecule is C=C(OOC(C)(C)C)c1ccccc1. The van der Waals surface area contributed by atoms with E-state index in [0.29, 0.717) is 5.76 Å². The zero-order valence-corrected chi connectivity index (χ0v) is 8.91. The first-order chi connectivity index (χ1) is 6.49. The molecule has 0 fully saturated rings. The van der Waals surface area contributed by atoms with E-state index in [2.05, 4.69) is 6.58 Å². The molecule has 0 unspecified atom stereocenters. The van der Waals surface area contributed by atoms with Crippen LogP contribution in [0.5, 0.6) is 0 Å². The van der Waals surface area contributed by atoms with Crippen molar-refractivity contribution in [1.82, 2.24) is 0 Å². The summed E-state index contributed by atoms with van der Waals surface area (Å²) in [6.45, 7) is 9.55. The van der Waals surface area contributed by atoms with Gasteiger partial charge in [0.25, 0.3) is 0 Å². The fourth-order valence-corrected chi connectivity index (χ4v) is 0.847. The molecule has 0 aliphatic carbocycles. The summed E-state index contributed by atoms with van der Waals surface area (Å²) in [5.41, 5.74) is 0.606. The molecule has 76 valence electrons. The molecular formula is C12H16O2. The van der Waals surface area contributed by atoms with Crippen molar-refractivity contribution in [2.45, 2.75) is 26.4 Å². The Hall–Kier alpha value is -1.28. The molecule has 0 amide bonds. The number of benzene rings is 1. The maximum atomic E-state index is 5.15. The Morgan fingerprint density at radius 3 is 2.21 bits per heavy atom. The van der Waals surface area contributed by atoms with E-state index in [9.17, 15) is 0 Å². The Labute approximate surface area is 85.1 Å². The van der Waals surface area contributed by atoms with Crippen LogP contribution in [0.15, 0.2) is 36.9 Å². The van der Waals surface area contributed by atoms with Crippen LogP contribution in [-0.2, 0) is 9.78 Å². The third kappa shape index (κ3) is 3.62. The first-order valence-corrected chi connectivity index (χ1v) is 4.59. The van der Waals surface area contributed by atoms with Crippen molar-refractivity contribution in [2.75, 3.05) is 0 Å². The molecule has 0 bridgehead atoms. The molecule has 0 aliphatic rings. The molecule has 0 saturated heterocycles. The second kappa shape index (κ2) is 4.29. The zero-order valence-electron chi connectivity index (χ0n) is 8.91. The lowest BCUT2D eigenvalue weighted by molar-refractivity contribution is -0.298. The van der Waals surface area contributed by atoms with Crippen LogP contribution in [0.4, 0.5) is 0 Å². The average Bonchev–Trinajstić information content (AvgIpc) is 2.14. The molecular weight excluding hydrogens is 176 g/mol. The van der Waals surface area contributed by atoms with Gasteiger partial charge < -0.3 is 4.89 Å². The summed E-state index contributed by atoms with van der Waals surface area (Å²) in [6, 6.07) is 9.66. The maximum Gasteiger partial charge on any atom is 0.165 e. The molecule has 0 atom stereocenters. The third-order valence-electron chi connectivity index (χ3n) is 1.49. The average molecular weight is 192 g/mol. The van der Waals surface area contributed by atoms with Gasteiger partial charge in [0.05, 0.1) is 0 Å². The quantitative estimate of drug-likeness (QED) is 0.415. The first kappa shape index (κ1) is 10.8. The highest BCUT2D eigenvalue weighted by atomic mass is 17.2. The number of rotatable bonds is 3. The first-order valence-electron chi connectivity index (χ1n) is 4.59. The van der Waals surface area contributed by atoms with Gasteiger partial charge in [0.2, 0.25) is 0 Å². The van der Waals surface area contributed by atoms with E-state index in [1.54, 1.807) is 0 Å². The molecule has 0 heterocycles. The molecule has 1 aromatic carbocycles.